The Morgan fingerprint density at radius 3 is 2.79 bits per heavy atom. The summed E-state index contributed by atoms with van der Waals surface area (Å²) in [4.78, 5) is 25.0. The maximum Gasteiger partial charge on any atom is 0.321 e. The third-order valence-corrected chi connectivity index (χ3v) is 3.33. The molecule has 1 saturated heterocycles. The van der Waals surface area contributed by atoms with E-state index in [0.29, 0.717) is 13.1 Å². The Hall–Kier alpha value is -1.18. The lowest BCUT2D eigenvalue weighted by Crippen LogP contribution is -2.53. The van der Waals surface area contributed by atoms with Crippen molar-refractivity contribution in [2.24, 2.45) is 5.73 Å². The van der Waals surface area contributed by atoms with Crippen molar-refractivity contribution < 1.29 is 14.3 Å². The molecule has 0 spiro atoms. The summed E-state index contributed by atoms with van der Waals surface area (Å²) in [7, 11) is 1.69. The van der Waals surface area contributed by atoms with Gasteiger partial charge in [-0.15, -0.1) is 0 Å². The summed E-state index contributed by atoms with van der Waals surface area (Å²) in [6.45, 7) is 3.71. The monoisotopic (exact) mass is 272 g/mol. The standard InChI is InChI=1S/C12H24N4O3/c1-3-14-12(18)15-11(17)8-16-5-4-10(19-2)6-9(16)7-13/h9-10H,3-8,13H2,1-2H3,(H2,14,15,17,18). The number of imide groups is 1. The summed E-state index contributed by atoms with van der Waals surface area (Å²) in [5.41, 5.74) is 5.73. The van der Waals surface area contributed by atoms with Gasteiger partial charge in [-0.2, -0.15) is 0 Å². The minimum absolute atomic E-state index is 0.124. The average molecular weight is 272 g/mol. The van der Waals surface area contributed by atoms with Crippen LogP contribution in [-0.4, -0.2) is 62.3 Å². The largest absolute Gasteiger partial charge is 0.381 e. The van der Waals surface area contributed by atoms with Crippen molar-refractivity contribution in [1.82, 2.24) is 15.5 Å². The molecule has 0 saturated carbocycles. The molecule has 1 heterocycles. The van der Waals surface area contributed by atoms with Gasteiger partial charge in [-0.1, -0.05) is 0 Å². The number of hydrogen-bond acceptors (Lipinski definition) is 5. The third-order valence-electron chi connectivity index (χ3n) is 3.33. The SMILES string of the molecule is CCNC(=O)NC(=O)CN1CCC(OC)CC1CN. The lowest BCUT2D eigenvalue weighted by Gasteiger charge is -2.37. The Kier molecular flexibility index (Phi) is 6.75. The average Bonchev–Trinajstić information content (AvgIpc) is 2.39. The van der Waals surface area contributed by atoms with Gasteiger partial charge in [-0.3, -0.25) is 15.0 Å². The summed E-state index contributed by atoms with van der Waals surface area (Å²) in [6, 6.07) is -0.331. The predicted molar refractivity (Wildman–Crippen MR) is 71.7 cm³/mol. The van der Waals surface area contributed by atoms with E-state index in [-0.39, 0.29) is 24.6 Å². The van der Waals surface area contributed by atoms with Crippen LogP contribution in [0, 0.1) is 0 Å². The van der Waals surface area contributed by atoms with Crippen molar-refractivity contribution in [3.63, 3.8) is 0 Å². The van der Waals surface area contributed by atoms with E-state index in [1.54, 1.807) is 14.0 Å². The van der Waals surface area contributed by atoms with Crippen molar-refractivity contribution in [1.29, 1.82) is 0 Å². The fourth-order valence-corrected chi connectivity index (χ4v) is 2.29. The van der Waals surface area contributed by atoms with E-state index in [4.69, 9.17) is 10.5 Å². The molecule has 110 valence electrons. The number of nitrogens with zero attached hydrogens (tertiary/aromatic N) is 1. The second kappa shape index (κ2) is 8.08. The smallest absolute Gasteiger partial charge is 0.321 e. The van der Waals surface area contributed by atoms with Gasteiger partial charge in [0.2, 0.25) is 5.91 Å². The van der Waals surface area contributed by atoms with E-state index in [2.05, 4.69) is 10.6 Å². The Labute approximate surface area is 113 Å². The first-order valence-electron chi connectivity index (χ1n) is 6.65. The van der Waals surface area contributed by atoms with Gasteiger partial charge < -0.3 is 15.8 Å². The van der Waals surface area contributed by atoms with E-state index in [1.807, 2.05) is 4.90 Å². The number of carbonyl (C=O) groups is 2. The molecular formula is C12H24N4O3. The zero-order chi connectivity index (χ0) is 14.3. The molecule has 0 aliphatic carbocycles. The molecule has 0 radical (unpaired) electrons. The van der Waals surface area contributed by atoms with Gasteiger partial charge in [0.25, 0.3) is 0 Å². The van der Waals surface area contributed by atoms with Gasteiger partial charge in [0.1, 0.15) is 0 Å². The Bertz CT molecular complexity index is 311. The molecule has 7 heteroatoms. The zero-order valence-electron chi connectivity index (χ0n) is 11.6. The highest BCUT2D eigenvalue weighted by atomic mass is 16.5. The van der Waals surface area contributed by atoms with Crippen LogP contribution in [0.1, 0.15) is 19.8 Å². The van der Waals surface area contributed by atoms with Crippen molar-refractivity contribution >= 4 is 11.9 Å². The van der Waals surface area contributed by atoms with Crippen LogP contribution in [0.3, 0.4) is 0 Å². The minimum atomic E-state index is -0.455. The summed E-state index contributed by atoms with van der Waals surface area (Å²) in [6.07, 6.45) is 1.90. The summed E-state index contributed by atoms with van der Waals surface area (Å²) < 4.78 is 5.33. The molecule has 7 nitrogen and oxygen atoms in total. The van der Waals surface area contributed by atoms with Crippen molar-refractivity contribution in [2.45, 2.75) is 31.9 Å². The van der Waals surface area contributed by atoms with E-state index in [9.17, 15) is 9.59 Å². The number of nitrogens with two attached hydrogens (primary N) is 1. The Balaban J connectivity index is 2.42. The van der Waals surface area contributed by atoms with Crippen LogP contribution in [0.4, 0.5) is 4.79 Å². The lowest BCUT2D eigenvalue weighted by atomic mass is 9.99. The highest BCUT2D eigenvalue weighted by molar-refractivity contribution is 5.95. The van der Waals surface area contributed by atoms with Crippen molar-refractivity contribution in [3.05, 3.63) is 0 Å². The molecule has 1 aliphatic rings. The fourth-order valence-electron chi connectivity index (χ4n) is 2.29. The highest BCUT2D eigenvalue weighted by Crippen LogP contribution is 2.18. The number of amides is 3. The Morgan fingerprint density at radius 1 is 1.47 bits per heavy atom. The number of ether oxygens (including phenoxy) is 1. The number of carbonyl (C=O) groups excluding carboxylic acids is 2. The van der Waals surface area contributed by atoms with Crippen LogP contribution in [0.15, 0.2) is 0 Å². The predicted octanol–water partition coefficient (Wildman–Crippen LogP) is -0.730. The molecule has 3 amide bonds. The molecule has 0 aromatic carbocycles. The van der Waals surface area contributed by atoms with E-state index in [0.717, 1.165) is 19.4 Å². The lowest BCUT2D eigenvalue weighted by molar-refractivity contribution is -0.122. The molecule has 0 aromatic rings. The summed E-state index contributed by atoms with van der Waals surface area (Å²) in [5.74, 6) is -0.305. The summed E-state index contributed by atoms with van der Waals surface area (Å²) in [5, 5.41) is 4.82. The van der Waals surface area contributed by atoms with E-state index < -0.39 is 6.03 Å². The number of piperidine rings is 1. The number of methoxy groups -OCH3 is 1. The molecule has 1 rings (SSSR count). The number of likely N-dealkylation sites (tertiary alicyclic amines) is 1. The molecule has 1 aliphatic heterocycles. The van der Waals surface area contributed by atoms with Crippen molar-refractivity contribution in [2.75, 3.05) is 33.3 Å². The second-order valence-corrected chi connectivity index (χ2v) is 4.65. The van der Waals surface area contributed by atoms with Crippen LogP contribution in [0.5, 0.6) is 0 Å². The molecular weight excluding hydrogens is 248 g/mol. The molecule has 2 atom stereocenters. The normalized spacial score (nSPS) is 23.9. The van der Waals surface area contributed by atoms with Crippen LogP contribution < -0.4 is 16.4 Å². The first kappa shape index (κ1) is 15.9. The highest BCUT2D eigenvalue weighted by Gasteiger charge is 2.28. The second-order valence-electron chi connectivity index (χ2n) is 4.65. The van der Waals surface area contributed by atoms with E-state index in [1.165, 1.54) is 0 Å². The van der Waals surface area contributed by atoms with Crippen LogP contribution in [0.2, 0.25) is 0 Å². The van der Waals surface area contributed by atoms with Crippen LogP contribution >= 0.6 is 0 Å². The number of rotatable bonds is 5. The quantitative estimate of drug-likeness (QED) is 0.613. The molecule has 19 heavy (non-hydrogen) atoms. The molecule has 0 bridgehead atoms. The van der Waals surface area contributed by atoms with Gasteiger partial charge in [0, 0.05) is 32.8 Å². The van der Waals surface area contributed by atoms with Crippen LogP contribution in [-0.2, 0) is 9.53 Å². The Morgan fingerprint density at radius 2 is 2.21 bits per heavy atom. The van der Waals surface area contributed by atoms with Gasteiger partial charge >= 0.3 is 6.03 Å². The topological polar surface area (TPSA) is 96.7 Å². The van der Waals surface area contributed by atoms with Gasteiger partial charge in [0.05, 0.1) is 12.6 Å². The molecule has 0 aromatic heterocycles. The van der Waals surface area contributed by atoms with Gasteiger partial charge in [-0.05, 0) is 19.8 Å². The first-order chi connectivity index (χ1) is 9.10. The number of hydrogen-bond donors (Lipinski definition) is 3. The molecule has 1 fully saturated rings. The first-order valence-corrected chi connectivity index (χ1v) is 6.65. The van der Waals surface area contributed by atoms with E-state index >= 15 is 0 Å². The molecule has 4 N–H and O–H groups in total. The maximum atomic E-state index is 11.7. The molecule has 2 unspecified atom stereocenters. The maximum absolute atomic E-state index is 11.7. The zero-order valence-corrected chi connectivity index (χ0v) is 11.6. The minimum Gasteiger partial charge on any atom is -0.381 e. The number of nitrogens with one attached hydrogen (secondary N) is 2. The summed E-state index contributed by atoms with van der Waals surface area (Å²) >= 11 is 0. The van der Waals surface area contributed by atoms with Crippen LogP contribution in [0.25, 0.3) is 0 Å². The van der Waals surface area contributed by atoms with Gasteiger partial charge in [-0.25, -0.2) is 4.79 Å². The van der Waals surface area contributed by atoms with Crippen molar-refractivity contribution in [3.8, 4) is 0 Å². The fraction of sp³-hybridized carbons (Fsp3) is 0.833. The number of urea groups is 1. The third kappa shape index (κ3) is 5.14. The van der Waals surface area contributed by atoms with Gasteiger partial charge in [0.15, 0.2) is 0 Å².